The van der Waals surface area contributed by atoms with Crippen LogP contribution in [0.3, 0.4) is 0 Å². The molecule has 1 nitrogen and oxygen atoms in total. The summed E-state index contributed by atoms with van der Waals surface area (Å²) in [6.07, 6.45) is 8.57. The summed E-state index contributed by atoms with van der Waals surface area (Å²) in [6.45, 7) is 6.81. The van der Waals surface area contributed by atoms with Gasteiger partial charge in [0.25, 0.3) is 0 Å². The van der Waals surface area contributed by atoms with Crippen LogP contribution >= 0.6 is 11.8 Å². The van der Waals surface area contributed by atoms with Crippen LogP contribution in [0.2, 0.25) is 0 Å². The Kier molecular flexibility index (Phi) is 3.57. The van der Waals surface area contributed by atoms with Gasteiger partial charge in [-0.05, 0) is 44.8 Å². The Balaban J connectivity index is 2.28. The fraction of sp³-hybridized carbons (Fsp3) is 0.692. The Morgan fingerprint density at radius 1 is 1.40 bits per heavy atom. The lowest BCUT2D eigenvalue weighted by molar-refractivity contribution is 0.298. The third kappa shape index (κ3) is 2.02. The first-order valence-electron chi connectivity index (χ1n) is 6.03. The minimum absolute atomic E-state index is 0.508. The van der Waals surface area contributed by atoms with Gasteiger partial charge in [0.05, 0.1) is 0 Å². The minimum atomic E-state index is 0.508. The van der Waals surface area contributed by atoms with E-state index in [0.29, 0.717) is 5.41 Å². The first-order valence-corrected chi connectivity index (χ1v) is 7.02. The lowest BCUT2D eigenvalue weighted by Gasteiger charge is -2.34. The van der Waals surface area contributed by atoms with Crippen molar-refractivity contribution in [1.29, 1.82) is 0 Å². The van der Waals surface area contributed by atoms with Gasteiger partial charge in [-0.1, -0.05) is 19.1 Å². The van der Waals surface area contributed by atoms with Crippen LogP contribution in [0.15, 0.2) is 22.6 Å². The van der Waals surface area contributed by atoms with Crippen molar-refractivity contribution in [3.05, 3.63) is 22.6 Å². The molecule has 0 bridgehead atoms. The van der Waals surface area contributed by atoms with Crippen LogP contribution < -0.4 is 5.32 Å². The average Bonchev–Trinajstić information content (AvgIpc) is 2.60. The molecule has 0 saturated carbocycles. The van der Waals surface area contributed by atoms with Crippen LogP contribution in [-0.2, 0) is 0 Å². The highest BCUT2D eigenvalue weighted by atomic mass is 32.2. The summed E-state index contributed by atoms with van der Waals surface area (Å²) in [4.78, 5) is 1.54. The summed E-state index contributed by atoms with van der Waals surface area (Å²) >= 11 is 2.06. The second-order valence-electron chi connectivity index (χ2n) is 4.50. The quantitative estimate of drug-likeness (QED) is 0.731. The number of allylic oxidation sites excluding steroid dienone is 3. The molecule has 2 heteroatoms. The molecule has 2 aliphatic rings. The predicted octanol–water partition coefficient (Wildman–Crippen LogP) is 3.34. The largest absolute Gasteiger partial charge is 0.317 e. The summed E-state index contributed by atoms with van der Waals surface area (Å²) < 4.78 is 0. The maximum Gasteiger partial charge on any atom is 0.00789 e. The summed E-state index contributed by atoms with van der Waals surface area (Å²) in [5.74, 6) is 1.31. The fourth-order valence-electron chi connectivity index (χ4n) is 2.71. The molecule has 2 fully saturated rings. The lowest BCUT2D eigenvalue weighted by Crippen LogP contribution is -2.37. The molecule has 2 saturated heterocycles. The number of thioether (sulfide) groups is 1. The molecule has 1 spiro atoms. The molecule has 1 N–H and O–H groups in total. The molecule has 84 valence electrons. The molecule has 0 aromatic heterocycles. The number of hydrogen-bond donors (Lipinski definition) is 1. The van der Waals surface area contributed by atoms with Crippen LogP contribution in [0, 0.1) is 5.41 Å². The van der Waals surface area contributed by atoms with Crippen molar-refractivity contribution in [2.45, 2.75) is 33.1 Å². The molecule has 0 atom stereocenters. The van der Waals surface area contributed by atoms with Crippen LogP contribution in [0.4, 0.5) is 0 Å². The maximum atomic E-state index is 3.48. The van der Waals surface area contributed by atoms with Crippen molar-refractivity contribution in [2.24, 2.45) is 5.41 Å². The Labute approximate surface area is 97.4 Å². The second-order valence-corrected chi connectivity index (χ2v) is 5.52. The summed E-state index contributed by atoms with van der Waals surface area (Å²) in [5, 5.41) is 3.48. The van der Waals surface area contributed by atoms with Gasteiger partial charge in [0.2, 0.25) is 0 Å². The second kappa shape index (κ2) is 4.75. The van der Waals surface area contributed by atoms with Gasteiger partial charge in [-0.2, -0.15) is 0 Å². The Hall–Kier alpha value is -0.210. The lowest BCUT2D eigenvalue weighted by atomic mass is 9.74. The van der Waals surface area contributed by atoms with Crippen molar-refractivity contribution in [3.63, 3.8) is 0 Å². The molecule has 0 aliphatic carbocycles. The predicted molar refractivity (Wildman–Crippen MR) is 69.1 cm³/mol. The van der Waals surface area contributed by atoms with E-state index in [4.69, 9.17) is 0 Å². The van der Waals surface area contributed by atoms with E-state index in [1.54, 1.807) is 10.5 Å². The van der Waals surface area contributed by atoms with Crippen LogP contribution in [-0.4, -0.2) is 18.8 Å². The average molecular weight is 223 g/mol. The Morgan fingerprint density at radius 3 is 2.73 bits per heavy atom. The zero-order chi connectivity index (χ0) is 10.7. The molecule has 2 aliphatic heterocycles. The molecule has 2 heterocycles. The highest BCUT2D eigenvalue weighted by molar-refractivity contribution is 8.03. The SMILES string of the molecule is C/C=C1/SCC2(CCNCC2)/C1=C/CC. The molecule has 0 radical (unpaired) electrons. The molecule has 15 heavy (non-hydrogen) atoms. The van der Waals surface area contributed by atoms with Crippen LogP contribution in [0.25, 0.3) is 0 Å². The zero-order valence-electron chi connectivity index (χ0n) is 9.81. The molecular weight excluding hydrogens is 202 g/mol. The number of nitrogens with one attached hydrogen (secondary N) is 1. The number of hydrogen-bond acceptors (Lipinski definition) is 2. The summed E-state index contributed by atoms with van der Waals surface area (Å²) in [6, 6.07) is 0. The van der Waals surface area contributed by atoms with Gasteiger partial charge in [-0.15, -0.1) is 11.8 Å². The topological polar surface area (TPSA) is 12.0 Å². The minimum Gasteiger partial charge on any atom is -0.317 e. The molecule has 2 rings (SSSR count). The zero-order valence-corrected chi connectivity index (χ0v) is 10.6. The standard InChI is InChI=1S/C13H21NS/c1-3-5-11-12(4-2)15-10-13(11)6-8-14-9-7-13/h4-5,14H,3,6-10H2,1-2H3/b11-5+,12-4+. The highest BCUT2D eigenvalue weighted by Crippen LogP contribution is 2.53. The Bertz CT molecular complexity index is 285. The van der Waals surface area contributed by atoms with Crippen molar-refractivity contribution < 1.29 is 0 Å². The number of piperidine rings is 1. The van der Waals surface area contributed by atoms with E-state index in [1.165, 1.54) is 38.1 Å². The van der Waals surface area contributed by atoms with Crippen LogP contribution in [0.1, 0.15) is 33.1 Å². The van der Waals surface area contributed by atoms with Crippen molar-refractivity contribution in [2.75, 3.05) is 18.8 Å². The van der Waals surface area contributed by atoms with Crippen LogP contribution in [0.5, 0.6) is 0 Å². The highest BCUT2D eigenvalue weighted by Gasteiger charge is 2.41. The van der Waals surface area contributed by atoms with Gasteiger partial charge in [0.15, 0.2) is 0 Å². The molecule has 0 aromatic rings. The maximum absolute atomic E-state index is 3.48. The van der Waals surface area contributed by atoms with Crippen molar-refractivity contribution in [1.82, 2.24) is 5.32 Å². The Morgan fingerprint density at radius 2 is 2.13 bits per heavy atom. The van der Waals surface area contributed by atoms with Gasteiger partial charge in [0.1, 0.15) is 0 Å². The van der Waals surface area contributed by atoms with Gasteiger partial charge in [-0.3, -0.25) is 0 Å². The molecular formula is C13H21NS. The van der Waals surface area contributed by atoms with Crippen molar-refractivity contribution in [3.8, 4) is 0 Å². The van der Waals surface area contributed by atoms with Gasteiger partial charge in [0, 0.05) is 16.1 Å². The molecule has 0 unspecified atom stereocenters. The summed E-state index contributed by atoms with van der Waals surface area (Å²) in [5.41, 5.74) is 2.16. The van der Waals surface area contributed by atoms with E-state index in [0.717, 1.165) is 0 Å². The third-order valence-corrected chi connectivity index (χ3v) is 5.04. The normalized spacial score (nSPS) is 30.5. The van der Waals surface area contributed by atoms with E-state index in [9.17, 15) is 0 Å². The van der Waals surface area contributed by atoms with Gasteiger partial charge in [-0.25, -0.2) is 0 Å². The smallest absolute Gasteiger partial charge is 0.00789 e. The van der Waals surface area contributed by atoms with E-state index < -0.39 is 0 Å². The van der Waals surface area contributed by atoms with Gasteiger partial charge >= 0.3 is 0 Å². The van der Waals surface area contributed by atoms with E-state index in [2.05, 4.69) is 43.1 Å². The molecule has 0 amide bonds. The van der Waals surface area contributed by atoms with E-state index in [-0.39, 0.29) is 0 Å². The molecule has 0 aromatic carbocycles. The van der Waals surface area contributed by atoms with Gasteiger partial charge < -0.3 is 5.32 Å². The number of rotatable bonds is 1. The first-order chi connectivity index (χ1) is 7.32. The monoisotopic (exact) mass is 223 g/mol. The van der Waals surface area contributed by atoms with E-state index >= 15 is 0 Å². The van der Waals surface area contributed by atoms with E-state index in [1.807, 2.05) is 0 Å². The third-order valence-electron chi connectivity index (χ3n) is 3.57. The summed E-state index contributed by atoms with van der Waals surface area (Å²) in [7, 11) is 0. The first kappa shape index (κ1) is 11.3. The van der Waals surface area contributed by atoms with Crippen molar-refractivity contribution >= 4 is 11.8 Å². The fourth-order valence-corrected chi connectivity index (χ4v) is 4.21.